The van der Waals surface area contributed by atoms with E-state index in [0.717, 1.165) is 15.8 Å². The van der Waals surface area contributed by atoms with Gasteiger partial charge in [0.25, 0.3) is 5.91 Å². The molecule has 0 radical (unpaired) electrons. The third-order valence-corrected chi connectivity index (χ3v) is 8.39. The SMILES string of the molecule is CCNC(=O)Nc1sc2ccccc2c1C(=O)N1CCN(S(=O)(=O)c2ccc(C)nc2)CC1. The van der Waals surface area contributed by atoms with Gasteiger partial charge >= 0.3 is 6.03 Å². The molecule has 3 heterocycles. The second-order valence-electron chi connectivity index (χ2n) is 7.62. The number of thiophene rings is 1. The first-order valence-corrected chi connectivity index (χ1v) is 12.9. The number of aryl methyl sites for hydroxylation is 1. The number of sulfonamides is 1. The molecule has 0 atom stereocenters. The molecule has 11 heteroatoms. The van der Waals surface area contributed by atoms with E-state index in [0.29, 0.717) is 17.1 Å². The van der Waals surface area contributed by atoms with Gasteiger partial charge in [0.2, 0.25) is 10.0 Å². The predicted octanol–water partition coefficient (Wildman–Crippen LogP) is 2.89. The third-order valence-electron chi connectivity index (χ3n) is 5.42. The topological polar surface area (TPSA) is 112 Å². The lowest BCUT2D eigenvalue weighted by Gasteiger charge is -2.34. The van der Waals surface area contributed by atoms with Crippen molar-refractivity contribution in [2.45, 2.75) is 18.7 Å². The van der Waals surface area contributed by atoms with Crippen molar-refractivity contribution in [1.29, 1.82) is 0 Å². The number of piperazine rings is 1. The van der Waals surface area contributed by atoms with E-state index in [2.05, 4.69) is 15.6 Å². The van der Waals surface area contributed by atoms with Crippen LogP contribution in [0, 0.1) is 6.92 Å². The number of fused-ring (bicyclic) bond motifs is 1. The molecule has 1 aliphatic heterocycles. The summed E-state index contributed by atoms with van der Waals surface area (Å²) in [5.41, 5.74) is 1.17. The number of benzene rings is 1. The number of hydrogen-bond acceptors (Lipinski definition) is 6. The van der Waals surface area contributed by atoms with E-state index < -0.39 is 10.0 Å². The van der Waals surface area contributed by atoms with Gasteiger partial charge in [-0.05, 0) is 32.0 Å². The molecule has 1 aliphatic rings. The molecular weight excluding hydrogens is 462 g/mol. The standard InChI is InChI=1S/C22H25N5O4S2/c1-3-23-22(29)25-20-19(17-6-4-5-7-18(17)32-20)21(28)26-10-12-27(13-11-26)33(30,31)16-9-8-15(2)24-14-16/h4-9,14H,3,10-13H2,1-2H3,(H2,23,25,29). The number of nitrogens with one attached hydrogen (secondary N) is 2. The van der Waals surface area contributed by atoms with Crippen molar-refractivity contribution in [2.75, 3.05) is 38.0 Å². The first-order valence-electron chi connectivity index (χ1n) is 10.6. The Labute approximate surface area is 196 Å². The minimum absolute atomic E-state index is 0.144. The van der Waals surface area contributed by atoms with Crippen LogP contribution in [0.4, 0.5) is 9.80 Å². The molecule has 174 valence electrons. The smallest absolute Gasteiger partial charge is 0.319 e. The maximum atomic E-state index is 13.5. The molecule has 1 aromatic carbocycles. The van der Waals surface area contributed by atoms with Crippen LogP contribution in [0.25, 0.3) is 10.1 Å². The van der Waals surface area contributed by atoms with Crippen molar-refractivity contribution in [3.8, 4) is 0 Å². The van der Waals surface area contributed by atoms with E-state index in [1.165, 1.54) is 21.8 Å². The highest BCUT2D eigenvalue weighted by atomic mass is 32.2. The van der Waals surface area contributed by atoms with Gasteiger partial charge in [-0.2, -0.15) is 4.31 Å². The maximum Gasteiger partial charge on any atom is 0.319 e. The largest absolute Gasteiger partial charge is 0.338 e. The van der Waals surface area contributed by atoms with Gasteiger partial charge in [-0.15, -0.1) is 11.3 Å². The second-order valence-corrected chi connectivity index (χ2v) is 10.6. The predicted molar refractivity (Wildman–Crippen MR) is 128 cm³/mol. The average molecular weight is 488 g/mol. The Bertz CT molecular complexity index is 1280. The van der Waals surface area contributed by atoms with Crippen molar-refractivity contribution >= 4 is 48.4 Å². The highest BCUT2D eigenvalue weighted by Gasteiger charge is 2.32. The summed E-state index contributed by atoms with van der Waals surface area (Å²) in [4.78, 5) is 31.5. The Morgan fingerprint density at radius 2 is 1.82 bits per heavy atom. The molecule has 3 amide bonds. The van der Waals surface area contributed by atoms with Crippen molar-refractivity contribution in [3.63, 3.8) is 0 Å². The third kappa shape index (κ3) is 4.70. The fourth-order valence-corrected chi connectivity index (χ4v) is 6.16. The number of carbonyl (C=O) groups excluding carboxylic acids is 2. The Morgan fingerprint density at radius 1 is 1.09 bits per heavy atom. The molecule has 0 unspecified atom stereocenters. The number of aromatic nitrogens is 1. The summed E-state index contributed by atoms with van der Waals surface area (Å²) in [7, 11) is -3.68. The van der Waals surface area contributed by atoms with Crippen molar-refractivity contribution in [2.24, 2.45) is 0 Å². The highest BCUT2D eigenvalue weighted by Crippen LogP contribution is 2.36. The molecule has 33 heavy (non-hydrogen) atoms. The molecule has 1 saturated heterocycles. The monoisotopic (exact) mass is 487 g/mol. The lowest BCUT2D eigenvalue weighted by molar-refractivity contribution is 0.0701. The van der Waals surface area contributed by atoms with Gasteiger partial charge in [0.05, 0.1) is 5.56 Å². The molecule has 0 aliphatic carbocycles. The molecule has 0 spiro atoms. The lowest BCUT2D eigenvalue weighted by Crippen LogP contribution is -2.50. The van der Waals surface area contributed by atoms with Crippen LogP contribution in [0.5, 0.6) is 0 Å². The summed E-state index contributed by atoms with van der Waals surface area (Å²) < 4.78 is 28.2. The van der Waals surface area contributed by atoms with E-state index in [1.807, 2.05) is 31.2 Å². The lowest BCUT2D eigenvalue weighted by atomic mass is 10.1. The Kier molecular flexibility index (Phi) is 6.63. The van der Waals surface area contributed by atoms with Crippen LogP contribution >= 0.6 is 11.3 Å². The summed E-state index contributed by atoms with van der Waals surface area (Å²) in [5.74, 6) is -0.228. The van der Waals surface area contributed by atoms with Crippen LogP contribution in [0.1, 0.15) is 23.0 Å². The molecule has 1 fully saturated rings. The normalized spacial score (nSPS) is 14.9. The minimum atomic E-state index is -3.68. The highest BCUT2D eigenvalue weighted by molar-refractivity contribution is 7.89. The van der Waals surface area contributed by atoms with Crippen LogP contribution in [0.15, 0.2) is 47.5 Å². The van der Waals surface area contributed by atoms with E-state index in [-0.39, 0.29) is 43.0 Å². The first-order chi connectivity index (χ1) is 15.8. The van der Waals surface area contributed by atoms with Gasteiger partial charge in [0.15, 0.2) is 0 Å². The number of carbonyl (C=O) groups is 2. The number of amides is 3. The van der Waals surface area contributed by atoms with E-state index in [4.69, 9.17) is 0 Å². The number of hydrogen-bond donors (Lipinski definition) is 2. The van der Waals surface area contributed by atoms with Gasteiger partial charge in [-0.25, -0.2) is 13.2 Å². The Morgan fingerprint density at radius 3 is 2.48 bits per heavy atom. The van der Waals surface area contributed by atoms with E-state index in [9.17, 15) is 18.0 Å². The van der Waals surface area contributed by atoms with Crippen LogP contribution in [-0.4, -0.2) is 67.3 Å². The second kappa shape index (κ2) is 9.46. The number of nitrogens with zero attached hydrogens (tertiary/aromatic N) is 3. The summed E-state index contributed by atoms with van der Waals surface area (Å²) in [6.07, 6.45) is 1.36. The number of rotatable bonds is 5. The van der Waals surface area contributed by atoms with Crippen LogP contribution < -0.4 is 10.6 Å². The maximum absolute atomic E-state index is 13.5. The molecule has 0 saturated carbocycles. The van der Waals surface area contributed by atoms with Crippen molar-refractivity contribution in [1.82, 2.24) is 19.5 Å². The summed E-state index contributed by atoms with van der Waals surface area (Å²) in [6.45, 7) is 4.95. The Hall–Kier alpha value is -3.02. The van der Waals surface area contributed by atoms with Crippen molar-refractivity contribution in [3.05, 3.63) is 53.9 Å². The van der Waals surface area contributed by atoms with Gasteiger partial charge in [-0.1, -0.05) is 18.2 Å². The zero-order valence-electron chi connectivity index (χ0n) is 18.4. The first kappa shape index (κ1) is 23.1. The zero-order chi connectivity index (χ0) is 23.6. The number of urea groups is 1. The summed E-state index contributed by atoms with van der Waals surface area (Å²) in [5, 5.41) is 6.71. The fraction of sp³-hybridized carbons (Fsp3) is 0.318. The molecule has 3 aromatic rings. The molecule has 2 N–H and O–H groups in total. The Balaban J connectivity index is 1.54. The molecule has 0 bridgehead atoms. The van der Waals surface area contributed by atoms with E-state index in [1.54, 1.807) is 24.0 Å². The van der Waals surface area contributed by atoms with E-state index >= 15 is 0 Å². The van der Waals surface area contributed by atoms with Gasteiger partial charge in [0.1, 0.15) is 9.90 Å². The van der Waals surface area contributed by atoms with Crippen molar-refractivity contribution < 1.29 is 18.0 Å². The van der Waals surface area contributed by atoms with Gasteiger partial charge in [0, 0.05) is 54.7 Å². The van der Waals surface area contributed by atoms with Crippen LogP contribution in [-0.2, 0) is 10.0 Å². The fourth-order valence-electron chi connectivity index (χ4n) is 3.70. The summed E-state index contributed by atoms with van der Waals surface area (Å²) >= 11 is 1.34. The zero-order valence-corrected chi connectivity index (χ0v) is 20.0. The quantitative estimate of drug-likeness (QED) is 0.575. The average Bonchev–Trinajstić information content (AvgIpc) is 3.16. The molecule has 2 aromatic heterocycles. The summed E-state index contributed by atoms with van der Waals surface area (Å²) in [6, 6.07) is 10.3. The number of anilines is 1. The molecule has 4 rings (SSSR count). The molecular formula is C22H25N5O4S2. The number of pyridine rings is 1. The van der Waals surface area contributed by atoms with Crippen LogP contribution in [0.3, 0.4) is 0 Å². The van der Waals surface area contributed by atoms with Gasteiger partial charge in [-0.3, -0.25) is 15.1 Å². The molecule has 9 nitrogen and oxygen atoms in total. The van der Waals surface area contributed by atoms with Gasteiger partial charge < -0.3 is 10.2 Å². The van der Waals surface area contributed by atoms with Crippen LogP contribution in [0.2, 0.25) is 0 Å². The minimum Gasteiger partial charge on any atom is -0.338 e.